The van der Waals surface area contributed by atoms with E-state index < -0.39 is 5.41 Å². The van der Waals surface area contributed by atoms with Gasteiger partial charge in [0.25, 0.3) is 0 Å². The summed E-state index contributed by atoms with van der Waals surface area (Å²) in [4.78, 5) is 30.4. The molecule has 1 aliphatic rings. The van der Waals surface area contributed by atoms with Crippen molar-refractivity contribution in [1.82, 2.24) is 15.5 Å². The van der Waals surface area contributed by atoms with Gasteiger partial charge < -0.3 is 20.3 Å². The molecule has 2 atom stereocenters. The smallest absolute Gasteiger partial charge is 0.310 e. The van der Waals surface area contributed by atoms with Gasteiger partial charge in [0.05, 0.1) is 25.0 Å². The van der Waals surface area contributed by atoms with Crippen molar-refractivity contribution >= 4 is 41.8 Å². The second kappa shape index (κ2) is 10.0. The average Bonchev–Trinajstić information content (AvgIpc) is 2.91. The fourth-order valence-corrected chi connectivity index (χ4v) is 2.71. The van der Waals surface area contributed by atoms with E-state index in [0.29, 0.717) is 13.1 Å². The van der Waals surface area contributed by atoms with E-state index in [4.69, 9.17) is 4.74 Å². The third-order valence-electron chi connectivity index (χ3n) is 4.22. The summed E-state index contributed by atoms with van der Waals surface area (Å²) < 4.78 is 4.87. The van der Waals surface area contributed by atoms with Crippen LogP contribution in [0.25, 0.3) is 0 Å². The summed E-state index contributed by atoms with van der Waals surface area (Å²) in [5.74, 6) is 0.581. The summed E-state index contributed by atoms with van der Waals surface area (Å²) in [7, 11) is 3.05. The fourth-order valence-electron chi connectivity index (χ4n) is 2.71. The molecule has 140 valence electrons. The second-order valence-electron chi connectivity index (χ2n) is 6.65. The predicted molar refractivity (Wildman–Crippen MR) is 105 cm³/mol. The molecule has 0 saturated carbocycles. The molecule has 24 heavy (non-hydrogen) atoms. The van der Waals surface area contributed by atoms with Crippen LogP contribution < -0.4 is 10.6 Å². The molecule has 0 aliphatic carbocycles. The highest BCUT2D eigenvalue weighted by Crippen LogP contribution is 2.24. The Bertz CT molecular complexity index is 468. The molecule has 0 aromatic heterocycles. The standard InChI is InChI=1S/C16H30N4O3.HI/c1-7-18-15(19-10-16(3,4)14(22)17-5)20-8-11(2)12(9-20)13(21)23-6;/h11-12H,7-10H2,1-6H3,(H,17,22)(H,18,19);1H. The molecule has 1 fully saturated rings. The number of aliphatic imine (C=N–C) groups is 1. The molecular weight excluding hydrogens is 423 g/mol. The molecule has 0 radical (unpaired) electrons. The first kappa shape index (κ1) is 22.9. The Balaban J connectivity index is 0.00000529. The second-order valence-corrected chi connectivity index (χ2v) is 6.65. The van der Waals surface area contributed by atoms with Crippen molar-refractivity contribution in [3.05, 3.63) is 0 Å². The molecule has 1 amide bonds. The number of likely N-dealkylation sites (tertiary alicyclic amines) is 1. The molecular formula is C16H31IN4O3. The van der Waals surface area contributed by atoms with Gasteiger partial charge in [-0.1, -0.05) is 6.92 Å². The first-order valence-corrected chi connectivity index (χ1v) is 8.10. The summed E-state index contributed by atoms with van der Waals surface area (Å²) in [6.45, 7) is 10.2. The zero-order valence-electron chi connectivity index (χ0n) is 15.5. The molecule has 0 aromatic rings. The fraction of sp³-hybridized carbons (Fsp3) is 0.812. The number of guanidine groups is 1. The summed E-state index contributed by atoms with van der Waals surface area (Å²) >= 11 is 0. The van der Waals surface area contributed by atoms with Crippen molar-refractivity contribution in [2.45, 2.75) is 27.7 Å². The Morgan fingerprint density at radius 3 is 2.46 bits per heavy atom. The van der Waals surface area contributed by atoms with Crippen molar-refractivity contribution in [2.24, 2.45) is 22.2 Å². The van der Waals surface area contributed by atoms with Crippen LogP contribution in [0.15, 0.2) is 4.99 Å². The Morgan fingerprint density at radius 2 is 1.96 bits per heavy atom. The molecule has 1 aliphatic heterocycles. The van der Waals surface area contributed by atoms with Gasteiger partial charge in [0.2, 0.25) is 5.91 Å². The number of rotatable bonds is 5. The Kier molecular flexibility index (Phi) is 9.61. The molecule has 1 rings (SSSR count). The van der Waals surface area contributed by atoms with E-state index in [2.05, 4.69) is 20.5 Å². The summed E-state index contributed by atoms with van der Waals surface area (Å²) in [5.41, 5.74) is -0.581. The van der Waals surface area contributed by atoms with Gasteiger partial charge in [0.15, 0.2) is 5.96 Å². The zero-order valence-corrected chi connectivity index (χ0v) is 17.8. The number of methoxy groups -OCH3 is 1. The van der Waals surface area contributed by atoms with Crippen LogP contribution in [0.2, 0.25) is 0 Å². The van der Waals surface area contributed by atoms with Crippen LogP contribution in [-0.2, 0) is 14.3 Å². The van der Waals surface area contributed by atoms with E-state index in [1.165, 1.54) is 7.11 Å². The maximum Gasteiger partial charge on any atom is 0.310 e. The van der Waals surface area contributed by atoms with Gasteiger partial charge in [-0.3, -0.25) is 14.6 Å². The highest BCUT2D eigenvalue weighted by molar-refractivity contribution is 14.0. The zero-order chi connectivity index (χ0) is 17.6. The maximum absolute atomic E-state index is 11.9. The van der Waals surface area contributed by atoms with E-state index in [1.807, 2.05) is 27.7 Å². The van der Waals surface area contributed by atoms with Crippen molar-refractivity contribution in [3.8, 4) is 0 Å². The quantitative estimate of drug-likeness (QED) is 0.281. The maximum atomic E-state index is 11.9. The van der Waals surface area contributed by atoms with Crippen molar-refractivity contribution in [2.75, 3.05) is 40.3 Å². The minimum absolute atomic E-state index is 0. The predicted octanol–water partition coefficient (Wildman–Crippen LogP) is 1.08. The van der Waals surface area contributed by atoms with Crippen LogP contribution in [0.4, 0.5) is 0 Å². The average molecular weight is 454 g/mol. The monoisotopic (exact) mass is 454 g/mol. The van der Waals surface area contributed by atoms with Crippen LogP contribution in [0, 0.1) is 17.3 Å². The van der Waals surface area contributed by atoms with Crippen LogP contribution >= 0.6 is 24.0 Å². The summed E-state index contributed by atoms with van der Waals surface area (Å²) in [5, 5.41) is 5.91. The molecule has 0 aromatic carbocycles. The Morgan fingerprint density at radius 1 is 1.33 bits per heavy atom. The molecule has 2 N–H and O–H groups in total. The van der Waals surface area contributed by atoms with Gasteiger partial charge in [-0.05, 0) is 26.7 Å². The van der Waals surface area contributed by atoms with Gasteiger partial charge in [0.1, 0.15) is 0 Å². The van der Waals surface area contributed by atoms with Crippen LogP contribution in [0.5, 0.6) is 0 Å². The van der Waals surface area contributed by atoms with Crippen LogP contribution in [-0.4, -0.2) is 63.1 Å². The molecule has 1 heterocycles. The topological polar surface area (TPSA) is 83.0 Å². The third-order valence-corrected chi connectivity index (χ3v) is 4.22. The van der Waals surface area contributed by atoms with Gasteiger partial charge >= 0.3 is 5.97 Å². The minimum Gasteiger partial charge on any atom is -0.469 e. The molecule has 0 bridgehead atoms. The van der Waals surface area contributed by atoms with Gasteiger partial charge in [0, 0.05) is 26.7 Å². The Labute approximate surface area is 162 Å². The van der Waals surface area contributed by atoms with Gasteiger partial charge in [-0.25, -0.2) is 0 Å². The van der Waals surface area contributed by atoms with E-state index in [0.717, 1.165) is 19.0 Å². The van der Waals surface area contributed by atoms with Crippen LogP contribution in [0.3, 0.4) is 0 Å². The number of ether oxygens (including phenoxy) is 1. The highest BCUT2D eigenvalue weighted by Gasteiger charge is 2.37. The lowest BCUT2D eigenvalue weighted by atomic mass is 9.93. The number of esters is 1. The number of carbonyl (C=O) groups excluding carboxylic acids is 2. The van der Waals surface area contributed by atoms with Crippen molar-refractivity contribution < 1.29 is 14.3 Å². The lowest BCUT2D eigenvalue weighted by Crippen LogP contribution is -2.42. The van der Waals surface area contributed by atoms with Gasteiger partial charge in [-0.15, -0.1) is 24.0 Å². The number of carbonyl (C=O) groups is 2. The Hall–Kier alpha value is -1.06. The molecule has 7 nitrogen and oxygen atoms in total. The third kappa shape index (κ3) is 5.78. The van der Waals surface area contributed by atoms with Gasteiger partial charge in [-0.2, -0.15) is 0 Å². The molecule has 2 unspecified atom stereocenters. The normalized spacial score (nSPS) is 21.1. The SMILES string of the molecule is CCNC(=NCC(C)(C)C(=O)NC)N1CC(C)C(C(=O)OC)C1.I. The largest absolute Gasteiger partial charge is 0.469 e. The van der Waals surface area contributed by atoms with E-state index in [9.17, 15) is 9.59 Å². The molecule has 0 spiro atoms. The lowest BCUT2D eigenvalue weighted by Gasteiger charge is -2.25. The number of halogens is 1. The van der Waals surface area contributed by atoms with E-state index in [-0.39, 0.29) is 47.7 Å². The summed E-state index contributed by atoms with van der Waals surface area (Å²) in [6.07, 6.45) is 0. The number of nitrogens with one attached hydrogen (secondary N) is 2. The molecule has 1 saturated heterocycles. The first-order valence-electron chi connectivity index (χ1n) is 8.10. The number of nitrogens with zero attached hydrogens (tertiary/aromatic N) is 2. The minimum atomic E-state index is -0.581. The highest BCUT2D eigenvalue weighted by atomic mass is 127. The van der Waals surface area contributed by atoms with E-state index in [1.54, 1.807) is 7.05 Å². The van der Waals surface area contributed by atoms with Crippen molar-refractivity contribution in [3.63, 3.8) is 0 Å². The van der Waals surface area contributed by atoms with Crippen molar-refractivity contribution in [1.29, 1.82) is 0 Å². The number of amides is 1. The summed E-state index contributed by atoms with van der Waals surface area (Å²) in [6, 6.07) is 0. The lowest BCUT2D eigenvalue weighted by molar-refractivity contribution is -0.146. The number of hydrogen-bond acceptors (Lipinski definition) is 4. The first-order chi connectivity index (χ1) is 10.8. The number of hydrogen-bond donors (Lipinski definition) is 2. The van der Waals surface area contributed by atoms with E-state index >= 15 is 0 Å². The van der Waals surface area contributed by atoms with Crippen LogP contribution in [0.1, 0.15) is 27.7 Å². The molecule has 8 heteroatoms.